The van der Waals surface area contributed by atoms with Crippen LogP contribution in [0.4, 0.5) is 5.13 Å². The summed E-state index contributed by atoms with van der Waals surface area (Å²) in [4.78, 5) is 29.2. The highest BCUT2D eigenvalue weighted by Crippen LogP contribution is 2.28. The Kier molecular flexibility index (Phi) is 6.29. The number of methoxy groups -OCH3 is 1. The topological polar surface area (TPSA) is 89.5 Å². The highest BCUT2D eigenvalue weighted by Gasteiger charge is 2.16. The number of esters is 1. The SMILES string of the molecule is CCOC(=O)c1ccc2nc(NC(=S)NC(=O)c3cc4ccccc4cc3OC)sc2c1. The van der Waals surface area contributed by atoms with Crippen LogP contribution >= 0.6 is 23.6 Å². The molecule has 0 saturated carbocycles. The number of benzene rings is 3. The van der Waals surface area contributed by atoms with Gasteiger partial charge in [0.25, 0.3) is 5.91 Å². The quantitative estimate of drug-likeness (QED) is 0.324. The molecule has 1 amide bonds. The molecule has 4 rings (SSSR count). The van der Waals surface area contributed by atoms with Gasteiger partial charge in [-0.05, 0) is 60.2 Å². The maximum Gasteiger partial charge on any atom is 0.338 e. The van der Waals surface area contributed by atoms with Crippen molar-refractivity contribution < 1.29 is 19.1 Å². The number of nitrogens with one attached hydrogen (secondary N) is 2. The lowest BCUT2D eigenvalue weighted by molar-refractivity contribution is 0.0526. The van der Waals surface area contributed by atoms with Crippen LogP contribution in [0.3, 0.4) is 0 Å². The van der Waals surface area contributed by atoms with Gasteiger partial charge in [-0.15, -0.1) is 0 Å². The molecule has 9 heteroatoms. The largest absolute Gasteiger partial charge is 0.496 e. The second-order valence-electron chi connectivity index (χ2n) is 6.73. The van der Waals surface area contributed by atoms with Crippen molar-refractivity contribution in [3.05, 3.63) is 65.7 Å². The fourth-order valence-electron chi connectivity index (χ4n) is 3.18. The standard InChI is InChI=1S/C23H19N3O4S2/c1-3-30-21(28)15-8-9-17-19(12-15)32-23(24-17)26-22(31)25-20(27)16-10-13-6-4-5-7-14(13)11-18(16)29-2/h4-12H,3H2,1-2H3,(H2,24,25,26,27,31). The number of hydrogen-bond acceptors (Lipinski definition) is 7. The van der Waals surface area contributed by atoms with Crippen molar-refractivity contribution in [2.45, 2.75) is 6.92 Å². The Morgan fingerprint density at radius 1 is 1.09 bits per heavy atom. The van der Waals surface area contributed by atoms with Gasteiger partial charge in [-0.25, -0.2) is 9.78 Å². The minimum absolute atomic E-state index is 0.106. The lowest BCUT2D eigenvalue weighted by Gasteiger charge is -2.11. The summed E-state index contributed by atoms with van der Waals surface area (Å²) in [6.45, 7) is 2.07. The summed E-state index contributed by atoms with van der Waals surface area (Å²) < 4.78 is 11.2. The molecule has 1 aromatic heterocycles. The van der Waals surface area contributed by atoms with E-state index in [1.54, 1.807) is 31.2 Å². The van der Waals surface area contributed by atoms with Gasteiger partial charge in [-0.3, -0.25) is 10.1 Å². The molecule has 0 spiro atoms. The van der Waals surface area contributed by atoms with Gasteiger partial charge < -0.3 is 14.8 Å². The average molecular weight is 466 g/mol. The summed E-state index contributed by atoms with van der Waals surface area (Å²) in [5.41, 5.74) is 1.53. The van der Waals surface area contributed by atoms with Crippen molar-refractivity contribution in [3.63, 3.8) is 0 Å². The van der Waals surface area contributed by atoms with E-state index in [9.17, 15) is 9.59 Å². The summed E-state index contributed by atoms with van der Waals surface area (Å²) in [5.74, 6) is -0.323. The Morgan fingerprint density at radius 2 is 1.84 bits per heavy atom. The monoisotopic (exact) mass is 465 g/mol. The number of anilines is 1. The first-order valence-corrected chi connectivity index (χ1v) is 11.0. The van der Waals surface area contributed by atoms with E-state index in [0.717, 1.165) is 15.5 Å². The summed E-state index contributed by atoms with van der Waals surface area (Å²) in [5, 5.41) is 8.09. The summed E-state index contributed by atoms with van der Waals surface area (Å²) >= 11 is 6.62. The van der Waals surface area contributed by atoms with Gasteiger partial charge in [0.05, 0.1) is 35.1 Å². The second-order valence-corrected chi connectivity index (χ2v) is 8.17. The van der Waals surface area contributed by atoms with Crippen LogP contribution < -0.4 is 15.4 Å². The second kappa shape index (κ2) is 9.29. The summed E-state index contributed by atoms with van der Waals surface area (Å²) in [6.07, 6.45) is 0. The third-order valence-electron chi connectivity index (χ3n) is 4.66. The Morgan fingerprint density at radius 3 is 2.56 bits per heavy atom. The molecule has 0 atom stereocenters. The Labute approximate surface area is 193 Å². The van der Waals surface area contributed by atoms with Crippen molar-refractivity contribution in [1.29, 1.82) is 0 Å². The van der Waals surface area contributed by atoms with E-state index in [1.807, 2.05) is 30.3 Å². The van der Waals surface area contributed by atoms with E-state index in [2.05, 4.69) is 15.6 Å². The Balaban J connectivity index is 1.50. The molecule has 2 N–H and O–H groups in total. The van der Waals surface area contributed by atoms with Crippen LogP contribution in [0.25, 0.3) is 21.0 Å². The molecule has 32 heavy (non-hydrogen) atoms. The highest BCUT2D eigenvalue weighted by molar-refractivity contribution is 7.80. The normalized spacial score (nSPS) is 10.7. The number of thiocarbonyl (C=S) groups is 1. The molecule has 0 radical (unpaired) electrons. The average Bonchev–Trinajstić information content (AvgIpc) is 3.19. The third kappa shape index (κ3) is 4.53. The van der Waals surface area contributed by atoms with Gasteiger partial charge >= 0.3 is 5.97 Å². The van der Waals surface area contributed by atoms with E-state index in [4.69, 9.17) is 21.7 Å². The van der Waals surface area contributed by atoms with Crippen molar-refractivity contribution in [3.8, 4) is 5.75 Å². The van der Waals surface area contributed by atoms with E-state index >= 15 is 0 Å². The first-order chi connectivity index (χ1) is 15.5. The number of fused-ring (bicyclic) bond motifs is 2. The molecule has 7 nitrogen and oxygen atoms in total. The zero-order valence-corrected chi connectivity index (χ0v) is 18.9. The molecular formula is C23H19N3O4S2. The van der Waals surface area contributed by atoms with Gasteiger partial charge in [0.2, 0.25) is 0 Å². The minimum Gasteiger partial charge on any atom is -0.496 e. The Bertz CT molecular complexity index is 1350. The van der Waals surface area contributed by atoms with Gasteiger partial charge in [0.15, 0.2) is 10.2 Å². The maximum atomic E-state index is 12.8. The van der Waals surface area contributed by atoms with E-state index in [0.29, 0.717) is 34.1 Å². The number of hydrogen-bond donors (Lipinski definition) is 2. The lowest BCUT2D eigenvalue weighted by atomic mass is 10.1. The number of ether oxygens (including phenoxy) is 2. The molecule has 0 aliphatic heterocycles. The molecule has 0 aliphatic rings. The number of amides is 1. The van der Waals surface area contributed by atoms with Crippen LogP contribution in [0.15, 0.2) is 54.6 Å². The maximum absolute atomic E-state index is 12.8. The van der Waals surface area contributed by atoms with Crippen LogP contribution in [0.5, 0.6) is 5.75 Å². The number of carbonyl (C=O) groups excluding carboxylic acids is 2. The fraction of sp³-hybridized carbons (Fsp3) is 0.130. The van der Waals surface area contributed by atoms with Crippen LogP contribution in [-0.4, -0.2) is 35.7 Å². The number of aromatic nitrogens is 1. The zero-order valence-electron chi connectivity index (χ0n) is 17.3. The van der Waals surface area contributed by atoms with Crippen LogP contribution in [0.2, 0.25) is 0 Å². The molecule has 0 bridgehead atoms. The first kappa shape index (κ1) is 21.7. The molecule has 3 aromatic carbocycles. The van der Waals surface area contributed by atoms with E-state index < -0.39 is 5.91 Å². The van der Waals surface area contributed by atoms with Crippen molar-refractivity contribution >= 4 is 66.7 Å². The predicted molar refractivity (Wildman–Crippen MR) is 130 cm³/mol. The number of thiazole rings is 1. The predicted octanol–water partition coefficient (Wildman–Crippen LogP) is 4.76. The van der Waals surface area contributed by atoms with Gasteiger partial charge in [0, 0.05) is 0 Å². The molecular weight excluding hydrogens is 446 g/mol. The molecule has 4 aromatic rings. The number of nitrogens with zero attached hydrogens (tertiary/aromatic N) is 1. The Hall–Kier alpha value is -3.56. The molecule has 1 heterocycles. The van der Waals surface area contributed by atoms with E-state index in [1.165, 1.54) is 18.4 Å². The van der Waals surface area contributed by atoms with Crippen LogP contribution in [-0.2, 0) is 4.74 Å². The van der Waals surface area contributed by atoms with Crippen LogP contribution in [0.1, 0.15) is 27.6 Å². The molecule has 0 saturated heterocycles. The summed E-state index contributed by atoms with van der Waals surface area (Å²) in [6, 6.07) is 16.4. The van der Waals surface area contributed by atoms with Crippen molar-refractivity contribution in [2.24, 2.45) is 0 Å². The fourth-order valence-corrected chi connectivity index (χ4v) is 4.35. The third-order valence-corrected chi connectivity index (χ3v) is 5.80. The highest BCUT2D eigenvalue weighted by atomic mass is 32.1. The number of carbonyl (C=O) groups is 2. The molecule has 162 valence electrons. The van der Waals surface area contributed by atoms with Crippen molar-refractivity contribution in [1.82, 2.24) is 10.3 Å². The minimum atomic E-state index is -0.393. The lowest BCUT2D eigenvalue weighted by Crippen LogP contribution is -2.34. The summed E-state index contributed by atoms with van der Waals surface area (Å²) in [7, 11) is 1.52. The smallest absolute Gasteiger partial charge is 0.338 e. The van der Waals surface area contributed by atoms with Gasteiger partial charge in [-0.1, -0.05) is 35.6 Å². The zero-order chi connectivity index (χ0) is 22.7. The number of rotatable bonds is 5. The van der Waals surface area contributed by atoms with E-state index in [-0.39, 0.29) is 11.1 Å². The van der Waals surface area contributed by atoms with Gasteiger partial charge in [-0.2, -0.15) is 0 Å². The van der Waals surface area contributed by atoms with Crippen LogP contribution in [0, 0.1) is 0 Å². The molecule has 0 fully saturated rings. The first-order valence-electron chi connectivity index (χ1n) is 9.75. The van der Waals surface area contributed by atoms with Gasteiger partial charge in [0.1, 0.15) is 5.75 Å². The molecule has 0 aliphatic carbocycles. The van der Waals surface area contributed by atoms with Crippen molar-refractivity contribution in [2.75, 3.05) is 19.0 Å². The molecule has 0 unspecified atom stereocenters.